The second-order valence-electron chi connectivity index (χ2n) is 4.15. The molecule has 0 aliphatic carbocycles. The van der Waals surface area contributed by atoms with Crippen molar-refractivity contribution < 1.29 is 4.79 Å². The molecule has 106 valence electrons. The maximum Gasteiger partial charge on any atom is 0.270 e. The Hall–Kier alpha value is -1.43. The molecule has 2 rings (SSSR count). The van der Waals surface area contributed by atoms with Crippen molar-refractivity contribution in [2.45, 2.75) is 6.92 Å². The van der Waals surface area contributed by atoms with Gasteiger partial charge in [0.1, 0.15) is 10.7 Å². The molecule has 0 fully saturated rings. The Balaban J connectivity index is 1.98. The number of amides is 1. The molecule has 0 bridgehead atoms. The summed E-state index contributed by atoms with van der Waals surface area (Å²) in [7, 11) is 0. The van der Waals surface area contributed by atoms with Gasteiger partial charge in [-0.1, -0.05) is 30.7 Å². The average Bonchev–Trinajstić information content (AvgIpc) is 2.94. The van der Waals surface area contributed by atoms with Crippen molar-refractivity contribution in [2.75, 3.05) is 19.6 Å². The van der Waals surface area contributed by atoms with Crippen LogP contribution < -0.4 is 10.6 Å². The van der Waals surface area contributed by atoms with E-state index in [0.717, 1.165) is 23.7 Å². The number of nitrogens with zero attached hydrogens (tertiary/aromatic N) is 1. The van der Waals surface area contributed by atoms with Gasteiger partial charge in [0.05, 0.1) is 0 Å². The van der Waals surface area contributed by atoms with Crippen molar-refractivity contribution in [2.24, 2.45) is 0 Å². The quantitative estimate of drug-likeness (QED) is 0.807. The van der Waals surface area contributed by atoms with Gasteiger partial charge in [0.15, 0.2) is 0 Å². The third-order valence-corrected chi connectivity index (χ3v) is 3.81. The van der Waals surface area contributed by atoms with E-state index < -0.39 is 0 Å². The zero-order valence-electron chi connectivity index (χ0n) is 11.1. The van der Waals surface area contributed by atoms with Crippen LogP contribution in [0.4, 0.5) is 0 Å². The molecule has 0 saturated carbocycles. The van der Waals surface area contributed by atoms with Crippen LogP contribution in [-0.4, -0.2) is 30.5 Å². The van der Waals surface area contributed by atoms with Gasteiger partial charge in [0.2, 0.25) is 0 Å². The summed E-state index contributed by atoms with van der Waals surface area (Å²) in [6.45, 7) is 4.28. The Morgan fingerprint density at radius 1 is 1.30 bits per heavy atom. The van der Waals surface area contributed by atoms with Gasteiger partial charge in [0.25, 0.3) is 5.91 Å². The molecule has 0 saturated heterocycles. The van der Waals surface area contributed by atoms with Gasteiger partial charge in [-0.25, -0.2) is 4.98 Å². The standard InChI is InChI=1S/C14H16ClN3OS/c1-2-16-7-8-17-13(19)12-9-20-14(18-12)10-3-5-11(15)6-4-10/h3-6,9,16H,2,7-8H2,1H3,(H,17,19). The van der Waals surface area contributed by atoms with Crippen LogP contribution in [0.3, 0.4) is 0 Å². The minimum Gasteiger partial charge on any atom is -0.349 e. The number of benzene rings is 1. The number of rotatable bonds is 6. The normalized spacial score (nSPS) is 10.5. The van der Waals surface area contributed by atoms with Crippen LogP contribution in [0.5, 0.6) is 0 Å². The molecule has 2 N–H and O–H groups in total. The van der Waals surface area contributed by atoms with E-state index in [2.05, 4.69) is 15.6 Å². The Labute approximate surface area is 127 Å². The number of hydrogen-bond acceptors (Lipinski definition) is 4. The highest BCUT2D eigenvalue weighted by Gasteiger charge is 2.11. The summed E-state index contributed by atoms with van der Waals surface area (Å²) < 4.78 is 0. The third-order valence-electron chi connectivity index (χ3n) is 2.67. The van der Waals surface area contributed by atoms with E-state index in [0.29, 0.717) is 17.3 Å². The fraction of sp³-hybridized carbons (Fsp3) is 0.286. The molecule has 0 radical (unpaired) electrons. The maximum atomic E-state index is 11.9. The van der Waals surface area contributed by atoms with Crippen LogP contribution in [0.2, 0.25) is 5.02 Å². The molecule has 20 heavy (non-hydrogen) atoms. The van der Waals surface area contributed by atoms with Crippen molar-refractivity contribution >= 4 is 28.8 Å². The summed E-state index contributed by atoms with van der Waals surface area (Å²) in [5, 5.41) is 9.25. The lowest BCUT2D eigenvalue weighted by Gasteiger charge is -2.03. The molecule has 6 heteroatoms. The summed E-state index contributed by atoms with van der Waals surface area (Å²) in [5.74, 6) is -0.139. The molecule has 1 heterocycles. The average molecular weight is 310 g/mol. The number of carbonyl (C=O) groups is 1. The molecule has 0 spiro atoms. The molecule has 1 aromatic carbocycles. The van der Waals surface area contributed by atoms with E-state index in [1.807, 2.05) is 31.2 Å². The molecule has 4 nitrogen and oxygen atoms in total. The number of likely N-dealkylation sites (N-methyl/N-ethyl adjacent to an activating group) is 1. The van der Waals surface area contributed by atoms with Crippen LogP contribution >= 0.6 is 22.9 Å². The summed E-state index contributed by atoms with van der Waals surface area (Å²) in [6, 6.07) is 7.42. The second-order valence-corrected chi connectivity index (χ2v) is 5.45. The fourth-order valence-electron chi connectivity index (χ4n) is 1.63. The molecule has 2 aromatic rings. The maximum absolute atomic E-state index is 11.9. The van der Waals surface area contributed by atoms with E-state index in [4.69, 9.17) is 11.6 Å². The third kappa shape index (κ3) is 4.03. The number of thiazole rings is 1. The highest BCUT2D eigenvalue weighted by molar-refractivity contribution is 7.13. The lowest BCUT2D eigenvalue weighted by Crippen LogP contribution is -2.31. The summed E-state index contributed by atoms with van der Waals surface area (Å²) in [4.78, 5) is 16.2. The minimum atomic E-state index is -0.139. The van der Waals surface area contributed by atoms with Crippen molar-refractivity contribution in [1.29, 1.82) is 0 Å². The van der Waals surface area contributed by atoms with E-state index in [1.54, 1.807) is 5.38 Å². The summed E-state index contributed by atoms with van der Waals surface area (Å²) in [6.07, 6.45) is 0. The number of hydrogen-bond donors (Lipinski definition) is 2. The highest BCUT2D eigenvalue weighted by Crippen LogP contribution is 2.24. The largest absolute Gasteiger partial charge is 0.349 e. The molecule has 0 unspecified atom stereocenters. The lowest BCUT2D eigenvalue weighted by molar-refractivity contribution is 0.0950. The monoisotopic (exact) mass is 309 g/mol. The van der Waals surface area contributed by atoms with Gasteiger partial charge >= 0.3 is 0 Å². The van der Waals surface area contributed by atoms with Crippen molar-refractivity contribution in [3.8, 4) is 10.6 Å². The van der Waals surface area contributed by atoms with E-state index in [9.17, 15) is 4.79 Å². The fourth-order valence-corrected chi connectivity index (χ4v) is 2.57. The van der Waals surface area contributed by atoms with Crippen molar-refractivity contribution in [3.05, 3.63) is 40.4 Å². The van der Waals surface area contributed by atoms with Crippen LogP contribution in [0.15, 0.2) is 29.6 Å². The Morgan fingerprint density at radius 3 is 2.75 bits per heavy atom. The van der Waals surface area contributed by atoms with Crippen LogP contribution in [0.25, 0.3) is 10.6 Å². The molecular formula is C14H16ClN3OS. The predicted octanol–water partition coefficient (Wildman–Crippen LogP) is 2.80. The van der Waals surface area contributed by atoms with Crippen molar-refractivity contribution in [1.82, 2.24) is 15.6 Å². The zero-order valence-corrected chi connectivity index (χ0v) is 12.7. The second kappa shape index (κ2) is 7.38. The number of aromatic nitrogens is 1. The van der Waals surface area contributed by atoms with E-state index >= 15 is 0 Å². The van der Waals surface area contributed by atoms with Crippen LogP contribution in [-0.2, 0) is 0 Å². The number of halogens is 1. The summed E-state index contributed by atoms with van der Waals surface area (Å²) in [5.41, 5.74) is 1.42. The molecule has 1 amide bonds. The van der Waals surface area contributed by atoms with Gasteiger partial charge in [-0.05, 0) is 18.7 Å². The van der Waals surface area contributed by atoms with Gasteiger partial charge in [-0.15, -0.1) is 11.3 Å². The topological polar surface area (TPSA) is 54.0 Å². The van der Waals surface area contributed by atoms with Gasteiger partial charge in [-0.3, -0.25) is 4.79 Å². The van der Waals surface area contributed by atoms with Crippen molar-refractivity contribution in [3.63, 3.8) is 0 Å². The van der Waals surface area contributed by atoms with Gasteiger partial charge in [0, 0.05) is 29.1 Å². The molecule has 1 aromatic heterocycles. The molecule has 0 aliphatic heterocycles. The smallest absolute Gasteiger partial charge is 0.270 e. The van der Waals surface area contributed by atoms with E-state index in [1.165, 1.54) is 11.3 Å². The van der Waals surface area contributed by atoms with Crippen LogP contribution in [0, 0.1) is 0 Å². The first-order valence-corrected chi connectivity index (χ1v) is 7.67. The minimum absolute atomic E-state index is 0.139. The number of carbonyl (C=O) groups excluding carboxylic acids is 1. The zero-order chi connectivity index (χ0) is 14.4. The molecule has 0 atom stereocenters. The first-order valence-electron chi connectivity index (χ1n) is 6.41. The predicted molar refractivity (Wildman–Crippen MR) is 83.4 cm³/mol. The van der Waals surface area contributed by atoms with Crippen LogP contribution in [0.1, 0.15) is 17.4 Å². The Kier molecular flexibility index (Phi) is 5.52. The highest BCUT2D eigenvalue weighted by atomic mass is 35.5. The lowest BCUT2D eigenvalue weighted by atomic mass is 10.2. The van der Waals surface area contributed by atoms with E-state index in [-0.39, 0.29) is 5.91 Å². The molecule has 0 aliphatic rings. The first kappa shape index (κ1) is 15.0. The van der Waals surface area contributed by atoms with Gasteiger partial charge in [-0.2, -0.15) is 0 Å². The number of nitrogens with one attached hydrogen (secondary N) is 2. The Morgan fingerprint density at radius 2 is 2.05 bits per heavy atom. The SMILES string of the molecule is CCNCCNC(=O)c1csc(-c2ccc(Cl)cc2)n1. The molecular weight excluding hydrogens is 294 g/mol. The van der Waals surface area contributed by atoms with Gasteiger partial charge < -0.3 is 10.6 Å². The first-order chi connectivity index (χ1) is 9.70. The Bertz CT molecular complexity index is 568. The summed E-state index contributed by atoms with van der Waals surface area (Å²) >= 11 is 7.30.